The third-order valence-electron chi connectivity index (χ3n) is 5.32. The summed E-state index contributed by atoms with van der Waals surface area (Å²) in [5.41, 5.74) is 1.58. The summed E-state index contributed by atoms with van der Waals surface area (Å²) >= 11 is 8.50. The lowest BCUT2D eigenvalue weighted by Gasteiger charge is -2.20. The van der Waals surface area contributed by atoms with Crippen LogP contribution in [0, 0.1) is 6.92 Å². The largest absolute Gasteiger partial charge is 0.480 e. The second kappa shape index (κ2) is 11.2. The Morgan fingerprint density at radius 3 is 2.49 bits per heavy atom. The van der Waals surface area contributed by atoms with E-state index in [0.717, 1.165) is 53.7 Å². The van der Waals surface area contributed by atoms with Crippen LogP contribution in [-0.2, 0) is 25.7 Å². The number of allylic oxidation sites excluding steroid dienone is 1. The predicted octanol–water partition coefficient (Wildman–Crippen LogP) is 1.24. The van der Waals surface area contributed by atoms with Crippen LogP contribution in [0.15, 0.2) is 39.0 Å². The van der Waals surface area contributed by atoms with E-state index in [0.29, 0.717) is 13.2 Å². The number of fused-ring (bicyclic) bond motifs is 1. The van der Waals surface area contributed by atoms with E-state index in [1.54, 1.807) is 31.0 Å². The van der Waals surface area contributed by atoms with Gasteiger partial charge in [0, 0.05) is 18.6 Å². The Labute approximate surface area is 228 Å². The Bertz CT molecular complexity index is 1530. The zero-order chi connectivity index (χ0) is 26.9. The molecule has 14 heteroatoms. The number of rotatable bonds is 8. The first kappa shape index (κ1) is 27.1. The molecule has 37 heavy (non-hydrogen) atoms. The van der Waals surface area contributed by atoms with Gasteiger partial charge in [0.05, 0.1) is 21.9 Å². The lowest BCUT2D eigenvalue weighted by atomic mass is 10.2. The Morgan fingerprint density at radius 1 is 1.08 bits per heavy atom. The summed E-state index contributed by atoms with van der Waals surface area (Å²) < 4.78 is 6.65. The quantitative estimate of drug-likeness (QED) is 0.438. The summed E-state index contributed by atoms with van der Waals surface area (Å²) in [7, 11) is 1.62. The normalized spacial score (nSPS) is 18.3. The van der Waals surface area contributed by atoms with E-state index < -0.39 is 36.5 Å². The minimum atomic E-state index is -1.25. The zero-order valence-electron chi connectivity index (χ0n) is 19.6. The van der Waals surface area contributed by atoms with Crippen molar-refractivity contribution in [1.82, 2.24) is 9.47 Å². The molecular weight excluding hydrogens is 559 g/mol. The molecule has 1 aromatic heterocycles. The van der Waals surface area contributed by atoms with Gasteiger partial charge in [-0.15, -0.1) is 11.3 Å². The Balaban J connectivity index is 1.82. The zero-order valence-corrected chi connectivity index (χ0v) is 22.9. The number of carbonyl (C=O) groups excluding carboxylic acids is 1. The summed E-state index contributed by atoms with van der Waals surface area (Å²) in [4.78, 5) is 52.8. The average Bonchev–Trinajstić information content (AvgIpc) is 3.43. The molecule has 0 unspecified atom stereocenters. The van der Waals surface area contributed by atoms with E-state index in [4.69, 9.17) is 22.1 Å². The molecule has 0 atom stereocenters. The van der Waals surface area contributed by atoms with Gasteiger partial charge in [-0.1, -0.05) is 41.8 Å². The number of anilines is 1. The van der Waals surface area contributed by atoms with Gasteiger partial charge in [-0.2, -0.15) is 0 Å². The highest BCUT2D eigenvalue weighted by molar-refractivity contribution is 8.30. The highest BCUT2D eigenvalue weighted by Crippen LogP contribution is 2.46. The maximum Gasteiger partial charge on any atom is 0.323 e. The van der Waals surface area contributed by atoms with Gasteiger partial charge in [-0.05, 0) is 36.8 Å². The summed E-state index contributed by atoms with van der Waals surface area (Å²) in [6.07, 6.45) is 3.39. The number of carbonyl (C=O) groups is 3. The summed E-state index contributed by atoms with van der Waals surface area (Å²) in [6, 6.07) is 6.13. The molecule has 2 aliphatic heterocycles. The lowest BCUT2D eigenvalue weighted by molar-refractivity contribution is -0.140. The van der Waals surface area contributed by atoms with Gasteiger partial charge in [0.25, 0.3) is 11.5 Å². The van der Waals surface area contributed by atoms with E-state index in [9.17, 15) is 24.3 Å². The number of ether oxygens (including phenoxy) is 1. The molecular formula is C23H21N3O7S4. The first-order chi connectivity index (χ1) is 17.6. The molecule has 0 radical (unpaired) electrons. The number of thioether (sulfide) groups is 2. The summed E-state index contributed by atoms with van der Waals surface area (Å²) in [6.45, 7) is 1.82. The van der Waals surface area contributed by atoms with Crippen molar-refractivity contribution in [3.63, 3.8) is 0 Å². The van der Waals surface area contributed by atoms with Gasteiger partial charge in [-0.3, -0.25) is 28.6 Å². The number of aromatic nitrogens is 1. The first-order valence-electron chi connectivity index (χ1n) is 10.8. The van der Waals surface area contributed by atoms with E-state index >= 15 is 0 Å². The SMILES string of the molecule is COCCN1C(=CC=c2sc(=C3SC(=S)N(CC(=O)O)C3=O)n(CC(=O)O)c2=O)Sc2ccc(C)cc21. The van der Waals surface area contributed by atoms with Crippen LogP contribution in [0.4, 0.5) is 5.69 Å². The molecule has 2 aromatic rings. The molecule has 0 bridgehead atoms. The third kappa shape index (κ3) is 5.67. The van der Waals surface area contributed by atoms with Crippen molar-refractivity contribution in [2.45, 2.75) is 18.4 Å². The maximum atomic E-state index is 13.2. The molecule has 1 saturated heterocycles. The molecule has 0 saturated carbocycles. The number of hydrogen-bond donors (Lipinski definition) is 2. The topological polar surface area (TPSA) is 129 Å². The van der Waals surface area contributed by atoms with E-state index in [-0.39, 0.29) is 18.4 Å². The van der Waals surface area contributed by atoms with Crippen LogP contribution in [0.1, 0.15) is 5.56 Å². The van der Waals surface area contributed by atoms with Crippen LogP contribution in [0.2, 0.25) is 0 Å². The van der Waals surface area contributed by atoms with Crippen LogP contribution in [0.3, 0.4) is 0 Å². The first-order valence-corrected chi connectivity index (χ1v) is 13.6. The second-order valence-corrected chi connectivity index (χ2v) is 11.7. The third-order valence-corrected chi connectivity index (χ3v) is 9.17. The molecule has 1 fully saturated rings. The van der Waals surface area contributed by atoms with Gasteiger partial charge in [0.15, 0.2) is 0 Å². The minimum absolute atomic E-state index is 0.0294. The molecule has 2 aliphatic rings. The summed E-state index contributed by atoms with van der Waals surface area (Å²) in [5.74, 6) is -3.17. The van der Waals surface area contributed by atoms with Gasteiger partial charge >= 0.3 is 11.9 Å². The van der Waals surface area contributed by atoms with Crippen LogP contribution in [0.25, 0.3) is 11.0 Å². The highest BCUT2D eigenvalue weighted by Gasteiger charge is 2.35. The molecule has 0 aliphatic carbocycles. The number of carboxylic acid groups (broad SMARTS) is 2. The van der Waals surface area contributed by atoms with Crippen LogP contribution >= 0.6 is 47.1 Å². The molecule has 3 heterocycles. The smallest absolute Gasteiger partial charge is 0.323 e. The summed E-state index contributed by atoms with van der Waals surface area (Å²) in [5, 5.41) is 19.3. The lowest BCUT2D eigenvalue weighted by Crippen LogP contribution is -2.36. The molecule has 0 spiro atoms. The molecule has 1 amide bonds. The Kier molecular flexibility index (Phi) is 8.23. The van der Waals surface area contributed by atoms with Gasteiger partial charge in [-0.25, -0.2) is 0 Å². The number of aliphatic carboxylic acids is 2. The minimum Gasteiger partial charge on any atom is -0.480 e. The number of thiazole rings is 1. The fourth-order valence-electron chi connectivity index (χ4n) is 3.67. The Hall–Kier alpha value is -2.91. The maximum absolute atomic E-state index is 13.2. The van der Waals surface area contributed by atoms with Gasteiger partial charge in [0.2, 0.25) is 0 Å². The second-order valence-electron chi connectivity index (χ2n) is 7.93. The number of carboxylic acids is 2. The molecule has 194 valence electrons. The number of hydrogen-bond acceptors (Lipinski definition) is 10. The fourth-order valence-corrected chi connectivity index (χ4v) is 7.20. The molecule has 4 rings (SSSR count). The van der Waals surface area contributed by atoms with Crippen molar-refractivity contribution >= 4 is 85.9 Å². The van der Waals surface area contributed by atoms with E-state index in [2.05, 4.69) is 11.0 Å². The number of benzene rings is 1. The van der Waals surface area contributed by atoms with Gasteiger partial charge < -0.3 is 19.8 Å². The number of aryl methyl sites for hydroxylation is 1. The molecule has 1 aromatic carbocycles. The monoisotopic (exact) mass is 579 g/mol. The van der Waals surface area contributed by atoms with Gasteiger partial charge in [0.1, 0.15) is 27.0 Å². The van der Waals surface area contributed by atoms with Crippen molar-refractivity contribution in [2.24, 2.45) is 0 Å². The van der Waals surface area contributed by atoms with Crippen molar-refractivity contribution in [3.8, 4) is 0 Å². The Morgan fingerprint density at radius 2 is 1.81 bits per heavy atom. The highest BCUT2D eigenvalue weighted by atomic mass is 32.2. The predicted molar refractivity (Wildman–Crippen MR) is 147 cm³/mol. The van der Waals surface area contributed by atoms with E-state index in [1.165, 1.54) is 0 Å². The fraction of sp³-hybridized carbons (Fsp3) is 0.261. The number of amides is 1. The van der Waals surface area contributed by atoms with Crippen molar-refractivity contribution in [3.05, 3.63) is 54.4 Å². The van der Waals surface area contributed by atoms with Crippen molar-refractivity contribution < 1.29 is 29.3 Å². The number of methoxy groups -OCH3 is 1. The van der Waals surface area contributed by atoms with Crippen molar-refractivity contribution in [2.75, 3.05) is 31.7 Å². The molecule has 2 N–H and O–H groups in total. The standard InChI is InChI=1S/C23H21N3O7S4/c1-12-3-4-14-13(9-12)24(7-8-33-2)16(35-14)6-5-15-20(31)25(10-17(27)28)22(36-15)19-21(32)26(11-18(29)30)23(34)37-19/h3-6,9H,7-8,10-11H2,1-2H3,(H,27,28)(H,29,30). The molecule has 10 nitrogen and oxygen atoms in total. The van der Waals surface area contributed by atoms with Crippen LogP contribution in [0.5, 0.6) is 0 Å². The van der Waals surface area contributed by atoms with Crippen LogP contribution < -0.4 is 19.7 Å². The number of thiocarbonyl (C=S) groups is 1. The number of nitrogens with zero attached hydrogens (tertiary/aromatic N) is 3. The van der Waals surface area contributed by atoms with Crippen molar-refractivity contribution in [1.29, 1.82) is 0 Å². The van der Waals surface area contributed by atoms with E-state index in [1.807, 2.05) is 19.1 Å². The van der Waals surface area contributed by atoms with Crippen LogP contribution in [-0.4, -0.2) is 68.7 Å². The average molecular weight is 580 g/mol.